The summed E-state index contributed by atoms with van der Waals surface area (Å²) in [5, 5.41) is 3.03. The molecule has 116 valence electrons. The fourth-order valence-corrected chi connectivity index (χ4v) is 2.47. The Morgan fingerprint density at radius 3 is 2.67 bits per heavy atom. The fourth-order valence-electron chi connectivity index (χ4n) is 2.47. The summed E-state index contributed by atoms with van der Waals surface area (Å²) in [6.07, 6.45) is 3.36. The zero-order valence-corrected chi connectivity index (χ0v) is 13.2. The number of nitrogens with zero attached hydrogens (tertiary/aromatic N) is 4. The maximum Gasteiger partial charge on any atom is 0.256 e. The summed E-state index contributed by atoms with van der Waals surface area (Å²) in [6.45, 7) is 5.59. The molecule has 0 aromatic carbocycles. The summed E-state index contributed by atoms with van der Waals surface area (Å²) >= 11 is 0. The van der Waals surface area contributed by atoms with E-state index in [1.165, 1.54) is 0 Å². The second-order valence-corrected chi connectivity index (χ2v) is 5.61. The van der Waals surface area contributed by atoms with Crippen LogP contribution < -0.4 is 5.32 Å². The van der Waals surface area contributed by atoms with Crippen LogP contribution in [0.2, 0.25) is 0 Å². The molecule has 0 saturated carbocycles. The minimum Gasteiger partial charge on any atom is -0.386 e. The molecule has 0 bridgehead atoms. The molecule has 1 amide bonds. The third-order valence-electron chi connectivity index (χ3n) is 3.84. The van der Waals surface area contributed by atoms with Crippen LogP contribution in [-0.2, 0) is 0 Å². The van der Waals surface area contributed by atoms with Gasteiger partial charge in [-0.1, -0.05) is 0 Å². The van der Waals surface area contributed by atoms with Gasteiger partial charge in [0.25, 0.3) is 5.91 Å². The van der Waals surface area contributed by atoms with Gasteiger partial charge in [0.15, 0.2) is 0 Å². The van der Waals surface area contributed by atoms with E-state index in [0.29, 0.717) is 5.56 Å². The van der Waals surface area contributed by atoms with E-state index in [4.69, 9.17) is 0 Å². The summed E-state index contributed by atoms with van der Waals surface area (Å²) in [4.78, 5) is 23.2. The van der Waals surface area contributed by atoms with E-state index < -0.39 is 0 Å². The molecule has 2 rings (SSSR count). The molecule has 0 atom stereocenters. The molecular formula is C15H25N5O. The second kappa shape index (κ2) is 7.38. The second-order valence-electron chi connectivity index (χ2n) is 5.61. The van der Waals surface area contributed by atoms with E-state index in [2.05, 4.69) is 34.2 Å². The maximum absolute atomic E-state index is 12.6. The Morgan fingerprint density at radius 2 is 2.05 bits per heavy atom. The molecule has 1 aliphatic heterocycles. The lowest BCUT2D eigenvalue weighted by molar-refractivity contribution is 0.0630. The van der Waals surface area contributed by atoms with Crippen molar-refractivity contribution < 1.29 is 4.79 Å². The molecule has 6 heteroatoms. The van der Waals surface area contributed by atoms with Crippen molar-refractivity contribution in [1.29, 1.82) is 0 Å². The molecule has 0 spiro atoms. The van der Waals surface area contributed by atoms with E-state index >= 15 is 0 Å². The smallest absolute Gasteiger partial charge is 0.256 e. The Balaban J connectivity index is 1.91. The number of rotatable bonds is 5. The number of pyridine rings is 1. The Labute approximate surface area is 126 Å². The highest BCUT2D eigenvalue weighted by atomic mass is 16.2. The molecule has 1 aliphatic rings. The van der Waals surface area contributed by atoms with Crippen molar-refractivity contribution in [3.8, 4) is 0 Å². The van der Waals surface area contributed by atoms with Gasteiger partial charge in [0.05, 0.1) is 17.4 Å². The molecule has 0 unspecified atom stereocenters. The predicted octanol–water partition coefficient (Wildman–Crippen LogP) is 0.443. The third-order valence-corrected chi connectivity index (χ3v) is 3.84. The zero-order chi connectivity index (χ0) is 15.2. The third kappa shape index (κ3) is 4.15. The van der Waals surface area contributed by atoms with Gasteiger partial charge < -0.3 is 15.1 Å². The highest BCUT2D eigenvalue weighted by molar-refractivity contribution is 5.99. The first-order chi connectivity index (χ1) is 10.1. The number of nitrogens with one attached hydrogen (secondary N) is 1. The van der Waals surface area contributed by atoms with Gasteiger partial charge in [0.1, 0.15) is 0 Å². The standard InChI is InChI=1S/C15H25N5O/c1-16-14-12-17-5-4-13(14)15(21)20-10-8-19(9-11-20)7-6-18(2)3/h4-5,12,16H,6-11H2,1-3H3. The van der Waals surface area contributed by atoms with Crippen molar-refractivity contribution >= 4 is 11.6 Å². The number of likely N-dealkylation sites (N-methyl/N-ethyl adjacent to an activating group) is 1. The number of piperazine rings is 1. The number of hydrogen-bond donors (Lipinski definition) is 1. The summed E-state index contributed by atoms with van der Waals surface area (Å²) < 4.78 is 0. The molecule has 1 N–H and O–H groups in total. The van der Waals surface area contributed by atoms with Gasteiger partial charge >= 0.3 is 0 Å². The normalized spacial score (nSPS) is 16.3. The van der Waals surface area contributed by atoms with Crippen LogP contribution in [-0.4, -0.2) is 86.0 Å². The summed E-state index contributed by atoms with van der Waals surface area (Å²) in [5.41, 5.74) is 1.49. The topological polar surface area (TPSA) is 51.7 Å². The van der Waals surface area contributed by atoms with E-state index in [1.54, 1.807) is 18.5 Å². The average molecular weight is 291 g/mol. The molecule has 6 nitrogen and oxygen atoms in total. The average Bonchev–Trinajstić information content (AvgIpc) is 2.52. The number of amides is 1. The number of carbonyl (C=O) groups is 1. The molecule has 0 radical (unpaired) electrons. The minimum absolute atomic E-state index is 0.0917. The van der Waals surface area contributed by atoms with E-state index in [0.717, 1.165) is 45.0 Å². The lowest BCUT2D eigenvalue weighted by Gasteiger charge is -2.35. The first kappa shape index (κ1) is 15.7. The number of aromatic nitrogens is 1. The van der Waals surface area contributed by atoms with Gasteiger partial charge in [-0.2, -0.15) is 0 Å². The summed E-state index contributed by atoms with van der Waals surface area (Å²) in [7, 11) is 5.98. The molecule has 21 heavy (non-hydrogen) atoms. The molecule has 0 aliphatic carbocycles. The lowest BCUT2D eigenvalue weighted by Crippen LogP contribution is -2.50. The number of hydrogen-bond acceptors (Lipinski definition) is 5. The highest BCUT2D eigenvalue weighted by Gasteiger charge is 2.23. The quantitative estimate of drug-likeness (QED) is 0.853. The molecule has 1 aromatic heterocycles. The van der Waals surface area contributed by atoms with Crippen LogP contribution in [0.5, 0.6) is 0 Å². The van der Waals surface area contributed by atoms with Gasteiger partial charge in [0, 0.05) is 52.5 Å². The van der Waals surface area contributed by atoms with Crippen LogP contribution >= 0.6 is 0 Å². The van der Waals surface area contributed by atoms with Crippen molar-refractivity contribution in [2.24, 2.45) is 0 Å². The van der Waals surface area contributed by atoms with E-state index in [9.17, 15) is 4.79 Å². The van der Waals surface area contributed by atoms with Crippen molar-refractivity contribution in [3.63, 3.8) is 0 Å². The van der Waals surface area contributed by atoms with Gasteiger partial charge in [-0.25, -0.2) is 0 Å². The molecule has 1 saturated heterocycles. The Kier molecular flexibility index (Phi) is 5.52. The largest absolute Gasteiger partial charge is 0.386 e. The number of anilines is 1. The Hall–Kier alpha value is -1.66. The molecule has 2 heterocycles. The van der Waals surface area contributed by atoms with Crippen molar-refractivity contribution in [3.05, 3.63) is 24.0 Å². The SMILES string of the molecule is CNc1cnccc1C(=O)N1CCN(CCN(C)C)CC1. The monoisotopic (exact) mass is 291 g/mol. The Bertz CT molecular complexity index is 469. The van der Waals surface area contributed by atoms with Gasteiger partial charge in [-0.15, -0.1) is 0 Å². The van der Waals surface area contributed by atoms with Crippen LogP contribution in [0, 0.1) is 0 Å². The highest BCUT2D eigenvalue weighted by Crippen LogP contribution is 2.16. The summed E-state index contributed by atoms with van der Waals surface area (Å²) in [5.74, 6) is 0.0917. The summed E-state index contributed by atoms with van der Waals surface area (Å²) in [6, 6.07) is 1.78. The predicted molar refractivity (Wildman–Crippen MR) is 84.7 cm³/mol. The number of carbonyl (C=O) groups excluding carboxylic acids is 1. The minimum atomic E-state index is 0.0917. The zero-order valence-electron chi connectivity index (χ0n) is 13.2. The van der Waals surface area contributed by atoms with Gasteiger partial charge in [-0.05, 0) is 20.2 Å². The van der Waals surface area contributed by atoms with E-state index in [1.807, 2.05) is 11.9 Å². The van der Waals surface area contributed by atoms with Crippen LogP contribution in [0.25, 0.3) is 0 Å². The molecule has 1 aromatic rings. The van der Waals surface area contributed by atoms with Crippen LogP contribution in [0.3, 0.4) is 0 Å². The maximum atomic E-state index is 12.6. The Morgan fingerprint density at radius 1 is 1.33 bits per heavy atom. The van der Waals surface area contributed by atoms with Crippen LogP contribution in [0.15, 0.2) is 18.5 Å². The van der Waals surface area contributed by atoms with Gasteiger partial charge in [-0.3, -0.25) is 14.7 Å². The van der Waals surface area contributed by atoms with Crippen molar-refractivity contribution in [2.45, 2.75) is 0 Å². The molecule has 1 fully saturated rings. The van der Waals surface area contributed by atoms with Crippen molar-refractivity contribution in [2.75, 3.05) is 65.7 Å². The first-order valence-corrected chi connectivity index (χ1v) is 7.40. The van der Waals surface area contributed by atoms with Crippen LogP contribution in [0.1, 0.15) is 10.4 Å². The van der Waals surface area contributed by atoms with E-state index in [-0.39, 0.29) is 5.91 Å². The van der Waals surface area contributed by atoms with Crippen LogP contribution in [0.4, 0.5) is 5.69 Å². The fraction of sp³-hybridized carbons (Fsp3) is 0.600. The van der Waals surface area contributed by atoms with Gasteiger partial charge in [0.2, 0.25) is 0 Å². The van der Waals surface area contributed by atoms with Crippen molar-refractivity contribution in [1.82, 2.24) is 19.7 Å². The molecular weight excluding hydrogens is 266 g/mol. The first-order valence-electron chi connectivity index (χ1n) is 7.40. The lowest BCUT2D eigenvalue weighted by atomic mass is 10.2.